The molecule has 15 heteroatoms. The Morgan fingerprint density at radius 1 is 1.08 bits per heavy atom. The van der Waals surface area contributed by atoms with E-state index in [9.17, 15) is 25.8 Å². The van der Waals surface area contributed by atoms with Crippen molar-refractivity contribution in [3.8, 4) is 29.0 Å². The van der Waals surface area contributed by atoms with Crippen molar-refractivity contribution in [2.24, 2.45) is 7.05 Å². The number of rotatable bonds is 5. The molecular weight excluding hydrogens is 519 g/mol. The highest BCUT2D eigenvalue weighted by molar-refractivity contribution is 7.93. The van der Waals surface area contributed by atoms with Crippen molar-refractivity contribution in [1.29, 1.82) is 10.0 Å². The number of sulfone groups is 1. The Balaban J connectivity index is 1.92. The van der Waals surface area contributed by atoms with Crippen molar-refractivity contribution < 1.29 is 25.8 Å². The summed E-state index contributed by atoms with van der Waals surface area (Å²) in [6.07, 6.45) is 3.87. The highest BCUT2D eigenvalue weighted by Gasteiger charge is 2.43. The van der Waals surface area contributed by atoms with E-state index >= 15 is 0 Å². The van der Waals surface area contributed by atoms with Gasteiger partial charge in [-0.3, -0.25) is 4.98 Å². The van der Waals surface area contributed by atoms with Gasteiger partial charge in [0.25, 0.3) is 0 Å². The topological polar surface area (TPSA) is 155 Å². The monoisotopic (exact) mass is 535 g/mol. The molecular formula is C21H16F3N7O3S2. The van der Waals surface area contributed by atoms with Gasteiger partial charge in [0.15, 0.2) is 31.2 Å². The maximum absolute atomic E-state index is 13.1. The number of hydrogen-bond donors (Lipinski definition) is 1. The van der Waals surface area contributed by atoms with Crippen LogP contribution in [0.4, 0.5) is 13.2 Å². The van der Waals surface area contributed by atoms with E-state index in [-0.39, 0.29) is 44.6 Å². The summed E-state index contributed by atoms with van der Waals surface area (Å²) >= 11 is 0. The molecule has 3 aromatic heterocycles. The summed E-state index contributed by atoms with van der Waals surface area (Å²) in [7, 11) is -7.46. The molecule has 0 bridgehead atoms. The number of imidazole rings is 1. The second-order valence-electron chi connectivity index (χ2n) is 7.53. The van der Waals surface area contributed by atoms with Crippen molar-refractivity contribution in [2.45, 2.75) is 22.2 Å². The van der Waals surface area contributed by atoms with Gasteiger partial charge in [-0.05, 0) is 24.3 Å². The third-order valence-electron chi connectivity index (χ3n) is 5.33. The SMILES string of the molecule is CCS(=O)(=O)c1cc(-c2ncc(C#N)cn2)cnc1-c1nc2cc(S(=N)(=O)C(F)(F)F)ccc2n1C. The number of nitrogens with one attached hydrogen (secondary N) is 1. The number of nitrogens with zero attached hydrogens (tertiary/aromatic N) is 6. The van der Waals surface area contributed by atoms with Gasteiger partial charge in [0.1, 0.15) is 11.8 Å². The molecule has 0 aliphatic heterocycles. The fourth-order valence-corrected chi connectivity index (χ4v) is 5.23. The summed E-state index contributed by atoms with van der Waals surface area (Å²) in [5.74, 6) is -0.113. The van der Waals surface area contributed by atoms with E-state index in [2.05, 4.69) is 19.9 Å². The van der Waals surface area contributed by atoms with Gasteiger partial charge in [-0.25, -0.2) is 32.4 Å². The normalized spacial score (nSPS) is 13.9. The predicted molar refractivity (Wildman–Crippen MR) is 123 cm³/mol. The average Bonchev–Trinajstić information content (AvgIpc) is 3.18. The molecule has 4 rings (SSSR count). The van der Waals surface area contributed by atoms with Crippen molar-refractivity contribution in [3.63, 3.8) is 0 Å². The third kappa shape index (κ3) is 4.18. The molecule has 10 nitrogen and oxygen atoms in total. The molecule has 186 valence electrons. The Bertz CT molecular complexity index is 1760. The van der Waals surface area contributed by atoms with Crippen molar-refractivity contribution in [2.75, 3.05) is 5.75 Å². The fourth-order valence-electron chi connectivity index (χ4n) is 3.37. The third-order valence-corrected chi connectivity index (χ3v) is 8.64. The number of hydrogen-bond acceptors (Lipinski definition) is 9. The molecule has 0 fully saturated rings. The molecule has 0 amide bonds. The number of aromatic nitrogens is 5. The van der Waals surface area contributed by atoms with Crippen LogP contribution >= 0.6 is 0 Å². The highest BCUT2D eigenvalue weighted by atomic mass is 32.2. The molecule has 36 heavy (non-hydrogen) atoms. The zero-order valence-corrected chi connectivity index (χ0v) is 20.2. The molecule has 0 saturated carbocycles. The van der Waals surface area contributed by atoms with Crippen LogP contribution in [0.3, 0.4) is 0 Å². The van der Waals surface area contributed by atoms with E-state index in [1.54, 1.807) is 0 Å². The largest absolute Gasteiger partial charge is 0.483 e. The fraction of sp³-hybridized carbons (Fsp3) is 0.190. The summed E-state index contributed by atoms with van der Waals surface area (Å²) in [6.45, 7) is 1.44. The first-order chi connectivity index (χ1) is 16.8. The van der Waals surface area contributed by atoms with Crippen LogP contribution in [-0.4, -0.2) is 48.4 Å². The Labute approximate surface area is 203 Å². The molecule has 0 radical (unpaired) electrons. The van der Waals surface area contributed by atoms with E-state index in [1.165, 1.54) is 49.3 Å². The highest BCUT2D eigenvalue weighted by Crippen LogP contribution is 2.35. The smallest absolute Gasteiger partial charge is 0.326 e. The van der Waals surface area contributed by atoms with Gasteiger partial charge in [-0.15, -0.1) is 0 Å². The maximum atomic E-state index is 13.1. The number of aryl methyl sites for hydroxylation is 1. The van der Waals surface area contributed by atoms with Crippen LogP contribution in [0, 0.1) is 16.1 Å². The molecule has 1 unspecified atom stereocenters. The Morgan fingerprint density at radius 3 is 2.33 bits per heavy atom. The lowest BCUT2D eigenvalue weighted by atomic mass is 10.2. The molecule has 0 saturated heterocycles. The molecule has 0 spiro atoms. The molecule has 0 aliphatic rings. The van der Waals surface area contributed by atoms with Gasteiger partial charge < -0.3 is 4.57 Å². The van der Waals surface area contributed by atoms with Crippen LogP contribution in [0.25, 0.3) is 33.9 Å². The second kappa shape index (κ2) is 8.64. The summed E-state index contributed by atoms with van der Waals surface area (Å²) < 4.78 is 86.1. The van der Waals surface area contributed by atoms with Gasteiger partial charge in [-0.1, -0.05) is 6.92 Å². The first-order valence-electron chi connectivity index (χ1n) is 10.1. The van der Waals surface area contributed by atoms with Gasteiger partial charge in [0.05, 0.1) is 32.1 Å². The lowest BCUT2D eigenvalue weighted by Gasteiger charge is -2.11. The quantitative estimate of drug-likeness (QED) is 0.406. The number of alkyl halides is 3. The van der Waals surface area contributed by atoms with Crippen LogP contribution in [0.5, 0.6) is 0 Å². The van der Waals surface area contributed by atoms with Crippen LogP contribution in [0.15, 0.2) is 52.6 Å². The van der Waals surface area contributed by atoms with Crippen molar-refractivity contribution in [3.05, 3.63) is 48.4 Å². The molecule has 0 aliphatic carbocycles. The van der Waals surface area contributed by atoms with Crippen LogP contribution in [-0.2, 0) is 26.6 Å². The number of halogens is 3. The Hall–Kier alpha value is -3.90. The van der Waals surface area contributed by atoms with Crippen molar-refractivity contribution in [1.82, 2.24) is 24.5 Å². The minimum absolute atomic E-state index is 0.0182. The average molecular weight is 536 g/mol. The lowest BCUT2D eigenvalue weighted by Crippen LogP contribution is -2.21. The van der Waals surface area contributed by atoms with Gasteiger partial charge in [-0.2, -0.15) is 18.4 Å². The first kappa shape index (κ1) is 25.2. The summed E-state index contributed by atoms with van der Waals surface area (Å²) in [4.78, 5) is 15.7. The Morgan fingerprint density at radius 2 is 1.75 bits per heavy atom. The first-order valence-corrected chi connectivity index (χ1v) is 13.3. The molecule has 1 atom stereocenters. The summed E-state index contributed by atoms with van der Waals surface area (Å²) in [5.41, 5.74) is -4.56. The Kier molecular flexibility index (Phi) is 6.05. The zero-order chi connectivity index (χ0) is 26.5. The van der Waals surface area contributed by atoms with Crippen LogP contribution in [0.1, 0.15) is 12.5 Å². The number of pyridine rings is 1. The second-order valence-corrected chi connectivity index (χ2v) is 11.8. The van der Waals surface area contributed by atoms with E-state index in [1.807, 2.05) is 6.07 Å². The van der Waals surface area contributed by atoms with E-state index in [0.717, 1.165) is 12.1 Å². The molecule has 3 heterocycles. The van der Waals surface area contributed by atoms with E-state index in [4.69, 9.17) is 10.0 Å². The zero-order valence-electron chi connectivity index (χ0n) is 18.6. The van der Waals surface area contributed by atoms with Crippen molar-refractivity contribution >= 4 is 30.6 Å². The number of benzene rings is 1. The van der Waals surface area contributed by atoms with Crippen LogP contribution < -0.4 is 0 Å². The van der Waals surface area contributed by atoms with Gasteiger partial charge in [0, 0.05) is 31.2 Å². The van der Waals surface area contributed by atoms with Gasteiger partial charge >= 0.3 is 5.51 Å². The maximum Gasteiger partial charge on any atom is 0.483 e. The molecule has 1 aromatic carbocycles. The van der Waals surface area contributed by atoms with Crippen LogP contribution in [0.2, 0.25) is 0 Å². The van der Waals surface area contributed by atoms with Gasteiger partial charge in [0.2, 0.25) is 0 Å². The molecule has 4 aromatic rings. The standard InChI is InChI=1S/C21H16F3N7O3S2/c1-3-35(32,33)17-6-13(19-28-9-12(8-25)10-29-19)11-27-18(17)20-30-15-7-14(4-5-16(15)31(20)2)36(26,34)21(22,23)24/h4-7,9-11,26H,3H2,1-2H3. The summed E-state index contributed by atoms with van der Waals surface area (Å²) in [5, 5.41) is 8.92. The minimum atomic E-state index is -5.27. The number of nitriles is 1. The van der Waals surface area contributed by atoms with E-state index < -0.39 is 30.0 Å². The van der Waals surface area contributed by atoms with E-state index in [0.29, 0.717) is 5.52 Å². The predicted octanol–water partition coefficient (Wildman–Crippen LogP) is 3.68. The molecule has 1 N–H and O–H groups in total. The lowest BCUT2D eigenvalue weighted by molar-refractivity contribution is -0.0406. The minimum Gasteiger partial charge on any atom is -0.326 e. The number of fused-ring (bicyclic) bond motifs is 1. The summed E-state index contributed by atoms with van der Waals surface area (Å²) in [6, 6.07) is 6.25.